The molecule has 0 bridgehead atoms. The standard InChI is InChI=1S/C23H21F2IN6O/c1-13(14-6-15(24)10-28-9-14)33-23-5-4-22-29-11-20(32(22)30-23)18-3-2-17(8-19(18)25)31-12-16(27)7-21(31)26/h2-6,8-11,13,16,21H,7,12,27H2,1H3/t13?,16-,21?/m0/s1. The number of hydrogen-bond acceptors (Lipinski definition) is 6. The zero-order valence-electron chi connectivity index (χ0n) is 17.7. The summed E-state index contributed by atoms with van der Waals surface area (Å²) in [5, 5.41) is 4.49. The fraction of sp³-hybridized carbons (Fsp3) is 0.261. The van der Waals surface area contributed by atoms with Crippen molar-refractivity contribution in [1.29, 1.82) is 0 Å². The van der Waals surface area contributed by atoms with Gasteiger partial charge in [-0.3, -0.25) is 4.98 Å². The summed E-state index contributed by atoms with van der Waals surface area (Å²) >= 11 is 2.33. The number of nitrogens with zero attached hydrogens (tertiary/aromatic N) is 5. The van der Waals surface area contributed by atoms with Crippen molar-refractivity contribution < 1.29 is 13.5 Å². The summed E-state index contributed by atoms with van der Waals surface area (Å²) in [6.45, 7) is 2.48. The first-order chi connectivity index (χ1) is 15.9. The number of benzene rings is 1. The second-order valence-electron chi connectivity index (χ2n) is 8.03. The molecule has 0 spiro atoms. The number of ether oxygens (including phenoxy) is 1. The molecular formula is C23H21F2IN6O. The van der Waals surface area contributed by atoms with Crippen molar-refractivity contribution in [3.05, 3.63) is 72.2 Å². The SMILES string of the molecule is CC(Oc1ccc2ncc(-c3ccc(N4C[C@@H](N)CC4I)cc3F)n2n1)c1cncc(F)c1. The van der Waals surface area contributed by atoms with E-state index in [0.717, 1.165) is 18.3 Å². The fourth-order valence-electron chi connectivity index (χ4n) is 3.98. The van der Waals surface area contributed by atoms with Crippen molar-refractivity contribution in [1.82, 2.24) is 19.6 Å². The van der Waals surface area contributed by atoms with E-state index in [-0.39, 0.29) is 15.9 Å². The number of anilines is 1. The molecule has 0 radical (unpaired) electrons. The third-order valence-corrected chi connectivity index (χ3v) is 6.84. The molecule has 0 aliphatic carbocycles. The van der Waals surface area contributed by atoms with Crippen molar-refractivity contribution in [2.75, 3.05) is 11.4 Å². The van der Waals surface area contributed by atoms with Crippen LogP contribution in [0.15, 0.2) is 55.0 Å². The molecule has 4 aromatic rings. The lowest BCUT2D eigenvalue weighted by Gasteiger charge is -2.23. The van der Waals surface area contributed by atoms with Crippen LogP contribution in [-0.4, -0.2) is 36.2 Å². The van der Waals surface area contributed by atoms with Gasteiger partial charge >= 0.3 is 0 Å². The first-order valence-electron chi connectivity index (χ1n) is 10.5. The lowest BCUT2D eigenvalue weighted by molar-refractivity contribution is 0.213. The number of aromatic nitrogens is 4. The van der Waals surface area contributed by atoms with Gasteiger partial charge in [-0.2, -0.15) is 0 Å². The quantitative estimate of drug-likeness (QED) is 0.219. The Bertz CT molecular complexity index is 1320. The second-order valence-corrected chi connectivity index (χ2v) is 9.47. The molecule has 2 unspecified atom stereocenters. The smallest absolute Gasteiger partial charge is 0.232 e. The highest BCUT2D eigenvalue weighted by molar-refractivity contribution is 14.1. The zero-order chi connectivity index (χ0) is 23.1. The molecule has 1 aliphatic heterocycles. The van der Waals surface area contributed by atoms with Gasteiger partial charge in [0.15, 0.2) is 5.65 Å². The molecule has 4 heterocycles. The molecule has 5 rings (SSSR count). The zero-order valence-corrected chi connectivity index (χ0v) is 19.9. The average Bonchev–Trinajstić information content (AvgIpc) is 3.35. The van der Waals surface area contributed by atoms with Gasteiger partial charge in [0.25, 0.3) is 0 Å². The number of rotatable bonds is 5. The monoisotopic (exact) mass is 562 g/mol. The van der Waals surface area contributed by atoms with Gasteiger partial charge < -0.3 is 15.4 Å². The molecule has 33 heavy (non-hydrogen) atoms. The van der Waals surface area contributed by atoms with Crippen LogP contribution in [0.4, 0.5) is 14.5 Å². The van der Waals surface area contributed by atoms with Crippen LogP contribution in [0.1, 0.15) is 25.0 Å². The van der Waals surface area contributed by atoms with Gasteiger partial charge in [-0.15, -0.1) is 5.10 Å². The maximum atomic E-state index is 15.2. The molecule has 3 atom stereocenters. The number of alkyl halides is 1. The van der Waals surface area contributed by atoms with Gasteiger partial charge in [0.1, 0.15) is 17.7 Å². The molecule has 0 saturated carbocycles. The highest BCUT2D eigenvalue weighted by atomic mass is 127. The molecule has 0 amide bonds. The van der Waals surface area contributed by atoms with Crippen molar-refractivity contribution in [3.8, 4) is 17.1 Å². The van der Waals surface area contributed by atoms with Gasteiger partial charge in [0, 0.05) is 41.7 Å². The molecule has 1 aliphatic rings. The lowest BCUT2D eigenvalue weighted by atomic mass is 10.1. The van der Waals surface area contributed by atoms with E-state index in [9.17, 15) is 4.39 Å². The molecule has 10 heteroatoms. The number of halogens is 3. The average molecular weight is 562 g/mol. The number of imidazole rings is 1. The molecule has 1 aromatic carbocycles. The van der Waals surface area contributed by atoms with Gasteiger partial charge in [-0.1, -0.05) is 22.6 Å². The van der Waals surface area contributed by atoms with E-state index in [2.05, 4.69) is 42.6 Å². The van der Waals surface area contributed by atoms with Crippen LogP contribution >= 0.6 is 22.6 Å². The Hall–Kier alpha value is -2.86. The number of fused-ring (bicyclic) bond motifs is 1. The van der Waals surface area contributed by atoms with Gasteiger partial charge in [-0.05, 0) is 43.7 Å². The fourth-order valence-corrected chi connectivity index (χ4v) is 5.18. The second kappa shape index (κ2) is 8.82. The van der Waals surface area contributed by atoms with Crippen LogP contribution in [0.25, 0.3) is 16.9 Å². The normalized spacial score (nSPS) is 19.2. The third kappa shape index (κ3) is 4.36. The van der Waals surface area contributed by atoms with Crippen molar-refractivity contribution >= 4 is 33.9 Å². The Morgan fingerprint density at radius 3 is 2.73 bits per heavy atom. The van der Waals surface area contributed by atoms with E-state index in [0.29, 0.717) is 34.9 Å². The van der Waals surface area contributed by atoms with Crippen LogP contribution in [0, 0.1) is 11.6 Å². The Balaban J connectivity index is 1.44. The van der Waals surface area contributed by atoms with Crippen LogP contribution in [0.2, 0.25) is 0 Å². The van der Waals surface area contributed by atoms with E-state index < -0.39 is 11.9 Å². The van der Waals surface area contributed by atoms with E-state index >= 15 is 4.39 Å². The predicted molar refractivity (Wildman–Crippen MR) is 129 cm³/mol. The minimum atomic E-state index is -0.478. The molecule has 3 aromatic heterocycles. The lowest BCUT2D eigenvalue weighted by Crippen LogP contribution is -2.28. The molecule has 7 nitrogen and oxygen atoms in total. The Morgan fingerprint density at radius 2 is 2.00 bits per heavy atom. The van der Waals surface area contributed by atoms with Crippen molar-refractivity contribution in [3.63, 3.8) is 0 Å². The van der Waals surface area contributed by atoms with E-state index in [1.54, 1.807) is 37.5 Å². The Morgan fingerprint density at radius 1 is 1.15 bits per heavy atom. The number of nitrogens with two attached hydrogens (primary N) is 1. The van der Waals surface area contributed by atoms with Crippen LogP contribution < -0.4 is 15.4 Å². The van der Waals surface area contributed by atoms with E-state index in [1.807, 2.05) is 6.07 Å². The maximum absolute atomic E-state index is 15.2. The summed E-state index contributed by atoms with van der Waals surface area (Å²) < 4.78 is 36.3. The topological polar surface area (TPSA) is 81.6 Å². The molecule has 1 fully saturated rings. The largest absolute Gasteiger partial charge is 0.469 e. The van der Waals surface area contributed by atoms with Crippen molar-refractivity contribution in [2.24, 2.45) is 5.73 Å². The molecule has 170 valence electrons. The minimum Gasteiger partial charge on any atom is -0.469 e. The van der Waals surface area contributed by atoms with Gasteiger partial charge in [0.2, 0.25) is 5.88 Å². The third-order valence-electron chi connectivity index (χ3n) is 5.66. The van der Waals surface area contributed by atoms with E-state index in [1.165, 1.54) is 16.6 Å². The number of hydrogen-bond donors (Lipinski definition) is 1. The van der Waals surface area contributed by atoms with E-state index in [4.69, 9.17) is 10.5 Å². The summed E-state index contributed by atoms with van der Waals surface area (Å²) in [5.74, 6) is -0.507. The molecule has 2 N–H and O–H groups in total. The highest BCUT2D eigenvalue weighted by Gasteiger charge is 2.28. The summed E-state index contributed by atoms with van der Waals surface area (Å²) in [5.41, 5.74) is 8.88. The first-order valence-corrected chi connectivity index (χ1v) is 11.7. The first kappa shape index (κ1) is 22.0. The van der Waals surface area contributed by atoms with Crippen molar-refractivity contribution in [2.45, 2.75) is 29.5 Å². The summed E-state index contributed by atoms with van der Waals surface area (Å²) in [6.07, 6.45) is 4.65. The van der Waals surface area contributed by atoms with Gasteiger partial charge in [-0.25, -0.2) is 18.3 Å². The maximum Gasteiger partial charge on any atom is 0.232 e. The highest BCUT2D eigenvalue weighted by Crippen LogP contribution is 2.33. The van der Waals surface area contributed by atoms with Gasteiger partial charge in [0.05, 0.1) is 22.1 Å². The summed E-state index contributed by atoms with van der Waals surface area (Å²) in [6, 6.07) is 10.0. The van der Waals surface area contributed by atoms with Crippen LogP contribution in [0.5, 0.6) is 5.88 Å². The summed E-state index contributed by atoms with van der Waals surface area (Å²) in [7, 11) is 0. The predicted octanol–water partition coefficient (Wildman–Crippen LogP) is 4.51. The Kier molecular flexibility index (Phi) is 5.87. The van der Waals surface area contributed by atoms with Crippen LogP contribution in [0.3, 0.4) is 0 Å². The molecular weight excluding hydrogens is 541 g/mol. The minimum absolute atomic E-state index is 0.0848. The Labute approximate surface area is 202 Å². The summed E-state index contributed by atoms with van der Waals surface area (Å²) in [4.78, 5) is 10.3. The number of pyridine rings is 1. The molecule has 1 saturated heterocycles. The van der Waals surface area contributed by atoms with Crippen LogP contribution in [-0.2, 0) is 0 Å².